The van der Waals surface area contributed by atoms with E-state index in [-0.39, 0.29) is 0 Å². The molecule has 94 valence electrons. The highest BCUT2D eigenvalue weighted by Gasteiger charge is 2.06. The number of benzene rings is 2. The molecule has 0 radical (unpaired) electrons. The predicted octanol–water partition coefficient (Wildman–Crippen LogP) is 5.83. The summed E-state index contributed by atoms with van der Waals surface area (Å²) in [4.78, 5) is 0. The molecule has 0 aliphatic heterocycles. The molecule has 0 spiro atoms. The van der Waals surface area contributed by atoms with Crippen LogP contribution in [0.3, 0.4) is 0 Å². The maximum absolute atomic E-state index is 5.92. The lowest BCUT2D eigenvalue weighted by molar-refractivity contribution is 0.478. The molecule has 4 heteroatoms. The number of alkyl halides is 1. The molecule has 0 atom stereocenters. The zero-order valence-electron chi connectivity index (χ0n) is 9.71. The van der Waals surface area contributed by atoms with Crippen LogP contribution in [-0.2, 0) is 5.88 Å². The second-order valence-electron chi connectivity index (χ2n) is 3.95. The fraction of sp³-hybridized carbons (Fsp3) is 0.143. The van der Waals surface area contributed by atoms with Gasteiger partial charge in [-0.25, -0.2) is 0 Å². The van der Waals surface area contributed by atoms with E-state index in [1.54, 1.807) is 18.2 Å². The predicted molar refractivity (Wildman–Crippen MR) is 77.3 cm³/mol. The van der Waals surface area contributed by atoms with Crippen molar-refractivity contribution in [2.75, 3.05) is 0 Å². The molecule has 0 saturated carbocycles. The van der Waals surface area contributed by atoms with Crippen molar-refractivity contribution in [2.24, 2.45) is 0 Å². The van der Waals surface area contributed by atoms with Gasteiger partial charge in [0.05, 0.1) is 5.88 Å². The van der Waals surface area contributed by atoms with Gasteiger partial charge in [0.2, 0.25) is 0 Å². The number of hydrogen-bond donors (Lipinski definition) is 0. The molecule has 18 heavy (non-hydrogen) atoms. The summed E-state index contributed by atoms with van der Waals surface area (Å²) in [5.74, 6) is 1.71. The Balaban J connectivity index is 2.33. The van der Waals surface area contributed by atoms with Crippen molar-refractivity contribution in [3.63, 3.8) is 0 Å². The summed E-state index contributed by atoms with van der Waals surface area (Å²) in [6, 6.07) is 10.9. The molecule has 0 aliphatic rings. The van der Waals surface area contributed by atoms with Crippen molar-refractivity contribution in [3.05, 3.63) is 57.6 Å². The number of aryl methyl sites for hydroxylation is 1. The third kappa shape index (κ3) is 3.32. The number of ether oxygens (including phenoxy) is 1. The van der Waals surface area contributed by atoms with E-state index < -0.39 is 0 Å². The van der Waals surface area contributed by atoms with Crippen LogP contribution in [0.5, 0.6) is 11.5 Å². The Morgan fingerprint density at radius 3 is 2.28 bits per heavy atom. The van der Waals surface area contributed by atoms with Crippen LogP contribution in [0.25, 0.3) is 0 Å². The lowest BCUT2D eigenvalue weighted by Gasteiger charge is -2.11. The molecule has 0 saturated heterocycles. The molecular weight excluding hydrogens is 291 g/mol. The van der Waals surface area contributed by atoms with Crippen molar-refractivity contribution in [2.45, 2.75) is 12.8 Å². The molecule has 0 heterocycles. The monoisotopic (exact) mass is 300 g/mol. The van der Waals surface area contributed by atoms with Crippen molar-refractivity contribution in [3.8, 4) is 11.5 Å². The molecule has 0 aliphatic carbocycles. The van der Waals surface area contributed by atoms with E-state index in [2.05, 4.69) is 0 Å². The highest BCUT2D eigenvalue weighted by Crippen LogP contribution is 2.31. The first-order valence-corrected chi connectivity index (χ1v) is 6.67. The SMILES string of the molecule is Cc1ccc(Oc2cc(Cl)cc(Cl)c2)c(CCl)c1. The van der Waals surface area contributed by atoms with Crippen LogP contribution in [0.2, 0.25) is 10.0 Å². The first kappa shape index (κ1) is 13.5. The maximum atomic E-state index is 5.92. The van der Waals surface area contributed by atoms with E-state index in [1.807, 2.05) is 25.1 Å². The third-order valence-corrected chi connectivity index (χ3v) is 3.15. The number of rotatable bonds is 3. The lowest BCUT2D eigenvalue weighted by Crippen LogP contribution is -1.90. The van der Waals surface area contributed by atoms with Gasteiger partial charge < -0.3 is 4.74 Å². The summed E-state index contributed by atoms with van der Waals surface area (Å²) in [7, 11) is 0. The topological polar surface area (TPSA) is 9.23 Å². The van der Waals surface area contributed by atoms with Crippen molar-refractivity contribution in [1.82, 2.24) is 0 Å². The van der Waals surface area contributed by atoms with E-state index in [9.17, 15) is 0 Å². The molecule has 1 nitrogen and oxygen atoms in total. The van der Waals surface area contributed by atoms with Crippen LogP contribution >= 0.6 is 34.8 Å². The van der Waals surface area contributed by atoms with E-state index in [0.29, 0.717) is 27.4 Å². The Bertz CT molecular complexity index is 547. The Labute approximate surface area is 121 Å². The van der Waals surface area contributed by atoms with Gasteiger partial charge in [-0.2, -0.15) is 0 Å². The molecule has 0 bridgehead atoms. The summed E-state index contributed by atoms with van der Waals surface area (Å²) >= 11 is 17.8. The minimum absolute atomic E-state index is 0.394. The van der Waals surface area contributed by atoms with Crippen molar-refractivity contribution in [1.29, 1.82) is 0 Å². The normalized spacial score (nSPS) is 10.4. The van der Waals surface area contributed by atoms with Crippen LogP contribution in [0.1, 0.15) is 11.1 Å². The van der Waals surface area contributed by atoms with Crippen LogP contribution < -0.4 is 4.74 Å². The molecule has 2 aromatic carbocycles. The van der Waals surface area contributed by atoms with Gasteiger partial charge in [0, 0.05) is 15.6 Å². The van der Waals surface area contributed by atoms with E-state index >= 15 is 0 Å². The van der Waals surface area contributed by atoms with Crippen LogP contribution in [0.4, 0.5) is 0 Å². The first-order valence-electron chi connectivity index (χ1n) is 5.38. The van der Waals surface area contributed by atoms with Gasteiger partial charge >= 0.3 is 0 Å². The van der Waals surface area contributed by atoms with Crippen LogP contribution in [-0.4, -0.2) is 0 Å². The summed E-state index contributed by atoms with van der Waals surface area (Å²) in [6.45, 7) is 2.01. The smallest absolute Gasteiger partial charge is 0.131 e. The van der Waals surface area contributed by atoms with Gasteiger partial charge in [0.1, 0.15) is 11.5 Å². The Morgan fingerprint density at radius 2 is 1.67 bits per heavy atom. The molecule has 2 rings (SSSR count). The van der Waals surface area contributed by atoms with E-state index in [1.165, 1.54) is 0 Å². The Hall–Kier alpha value is -0.890. The van der Waals surface area contributed by atoms with Gasteiger partial charge in [-0.15, -0.1) is 11.6 Å². The fourth-order valence-electron chi connectivity index (χ4n) is 1.63. The van der Waals surface area contributed by atoms with Gasteiger partial charge in [-0.1, -0.05) is 40.9 Å². The first-order chi connectivity index (χ1) is 8.58. The second-order valence-corrected chi connectivity index (χ2v) is 5.09. The number of hydrogen-bond acceptors (Lipinski definition) is 1. The fourth-order valence-corrected chi connectivity index (χ4v) is 2.34. The number of halogens is 3. The molecule has 0 amide bonds. The Morgan fingerprint density at radius 1 is 1.00 bits per heavy atom. The van der Waals surface area contributed by atoms with E-state index in [0.717, 1.165) is 11.1 Å². The maximum Gasteiger partial charge on any atom is 0.131 e. The van der Waals surface area contributed by atoms with Crippen molar-refractivity contribution >= 4 is 34.8 Å². The molecule has 0 N–H and O–H groups in total. The minimum atomic E-state index is 0.394. The average Bonchev–Trinajstić information content (AvgIpc) is 2.30. The van der Waals surface area contributed by atoms with Crippen LogP contribution in [0.15, 0.2) is 36.4 Å². The van der Waals surface area contributed by atoms with E-state index in [4.69, 9.17) is 39.5 Å². The quantitative estimate of drug-likeness (QED) is 0.648. The zero-order valence-corrected chi connectivity index (χ0v) is 12.0. The second kappa shape index (κ2) is 5.83. The zero-order chi connectivity index (χ0) is 13.1. The summed E-state index contributed by atoms with van der Waals surface area (Å²) in [5.41, 5.74) is 2.08. The highest BCUT2D eigenvalue weighted by atomic mass is 35.5. The summed E-state index contributed by atoms with van der Waals surface area (Å²) in [5, 5.41) is 1.08. The molecule has 2 aromatic rings. The standard InChI is InChI=1S/C14H11Cl3O/c1-9-2-3-14(10(4-9)8-15)18-13-6-11(16)5-12(17)7-13/h2-7H,8H2,1H3. The largest absolute Gasteiger partial charge is 0.457 e. The van der Waals surface area contributed by atoms with Gasteiger partial charge in [-0.05, 0) is 31.2 Å². The molecule has 0 unspecified atom stereocenters. The average molecular weight is 302 g/mol. The lowest BCUT2D eigenvalue weighted by atomic mass is 10.1. The summed E-state index contributed by atoms with van der Waals surface area (Å²) in [6.07, 6.45) is 0. The molecule has 0 fully saturated rings. The summed E-state index contributed by atoms with van der Waals surface area (Å²) < 4.78 is 5.76. The molecular formula is C14H11Cl3O. The highest BCUT2D eigenvalue weighted by molar-refractivity contribution is 6.34. The van der Waals surface area contributed by atoms with Gasteiger partial charge in [-0.3, -0.25) is 0 Å². The van der Waals surface area contributed by atoms with Crippen LogP contribution in [0, 0.1) is 6.92 Å². The minimum Gasteiger partial charge on any atom is -0.457 e. The van der Waals surface area contributed by atoms with Crippen molar-refractivity contribution < 1.29 is 4.74 Å². The van der Waals surface area contributed by atoms with Gasteiger partial charge in [0.15, 0.2) is 0 Å². The molecule has 0 aromatic heterocycles. The van der Waals surface area contributed by atoms with Gasteiger partial charge in [0.25, 0.3) is 0 Å². The third-order valence-electron chi connectivity index (χ3n) is 2.42. The Kier molecular flexibility index (Phi) is 4.39.